The molecule has 10 aromatic rings. The first-order valence-electron chi connectivity index (χ1n) is 20.1. The van der Waals surface area contributed by atoms with Crippen molar-refractivity contribution in [2.75, 3.05) is 0 Å². The number of phenolic OH excluding ortho intramolecular Hbond substituents is 2. The highest BCUT2D eigenvalue weighted by atomic mass is 16.3. The van der Waals surface area contributed by atoms with E-state index in [-0.39, 0.29) is 11.5 Å². The number of hydrogen-bond acceptors (Lipinski definition) is 2. The molecule has 278 valence electrons. The lowest BCUT2D eigenvalue weighted by Crippen LogP contribution is -2.28. The van der Waals surface area contributed by atoms with E-state index in [1.165, 1.54) is 32.7 Å². The van der Waals surface area contributed by atoms with Gasteiger partial charge < -0.3 is 10.2 Å². The van der Waals surface area contributed by atoms with Gasteiger partial charge in [0.05, 0.1) is 5.41 Å². The molecule has 2 N–H and O–H groups in total. The van der Waals surface area contributed by atoms with Gasteiger partial charge in [-0.25, -0.2) is 0 Å². The van der Waals surface area contributed by atoms with Crippen molar-refractivity contribution in [2.24, 2.45) is 0 Å². The summed E-state index contributed by atoms with van der Waals surface area (Å²) in [4.78, 5) is 0. The normalized spacial score (nSPS) is 12.7. The van der Waals surface area contributed by atoms with E-state index < -0.39 is 5.41 Å². The third-order valence-corrected chi connectivity index (χ3v) is 12.4. The summed E-state index contributed by atoms with van der Waals surface area (Å²) < 4.78 is 0. The average Bonchev–Trinajstić information content (AvgIpc) is 3.59. The predicted octanol–water partition coefficient (Wildman–Crippen LogP) is 14.4. The smallest absolute Gasteiger partial charge is 0.123 e. The Bertz CT molecular complexity index is 3010. The van der Waals surface area contributed by atoms with Crippen molar-refractivity contribution in [1.29, 1.82) is 0 Å². The lowest BCUT2D eigenvalue weighted by Gasteiger charge is -2.35. The van der Waals surface area contributed by atoms with E-state index >= 15 is 0 Å². The van der Waals surface area contributed by atoms with Gasteiger partial charge in [-0.1, -0.05) is 182 Å². The fourth-order valence-electron chi connectivity index (χ4n) is 9.65. The standard InChI is InChI=1S/C57H38O2/c58-55-31-27-43(35-49(55)39-13-3-1-4-14-39)57(44-28-32-56(59)50(36-44)40-15-5-2-6-16-40)53-29-25-41(47-23-11-19-37-17-7-9-21-45(37)47)33-51(53)52-34-42(26-30-54(52)57)48-24-12-20-38-18-8-10-22-46(38)48/h1-36,58-59H. The zero-order valence-corrected chi connectivity index (χ0v) is 32.2. The third kappa shape index (κ3) is 5.49. The molecule has 0 radical (unpaired) electrons. The molecule has 0 amide bonds. The summed E-state index contributed by atoms with van der Waals surface area (Å²) >= 11 is 0. The maximum absolute atomic E-state index is 11.5. The van der Waals surface area contributed by atoms with Crippen LogP contribution in [0, 0.1) is 0 Å². The predicted molar refractivity (Wildman–Crippen MR) is 244 cm³/mol. The van der Waals surface area contributed by atoms with E-state index in [0.717, 1.165) is 66.8 Å². The molecule has 0 aromatic heterocycles. The van der Waals surface area contributed by atoms with Gasteiger partial charge in [-0.3, -0.25) is 0 Å². The van der Waals surface area contributed by atoms with Crippen LogP contribution in [0.5, 0.6) is 11.5 Å². The zero-order chi connectivity index (χ0) is 39.5. The molecular formula is C57H38O2. The van der Waals surface area contributed by atoms with Gasteiger partial charge >= 0.3 is 0 Å². The first-order valence-corrected chi connectivity index (χ1v) is 20.1. The third-order valence-electron chi connectivity index (χ3n) is 12.4. The molecule has 0 atom stereocenters. The summed E-state index contributed by atoms with van der Waals surface area (Å²) in [6.07, 6.45) is 0. The van der Waals surface area contributed by atoms with Crippen LogP contribution in [0.15, 0.2) is 218 Å². The Kier molecular flexibility index (Phi) is 8.06. The topological polar surface area (TPSA) is 40.5 Å². The van der Waals surface area contributed by atoms with Gasteiger partial charge in [0.15, 0.2) is 0 Å². The Labute approximate surface area is 343 Å². The SMILES string of the molecule is Oc1ccc(C2(c3ccc(O)c(-c4ccccc4)c3)c3ccc(-c4cccc5ccccc45)cc3-c3cc(-c4cccc5ccccc45)ccc32)cc1-c1ccccc1. The number of rotatable bonds is 6. The summed E-state index contributed by atoms with van der Waals surface area (Å²) in [5, 5.41) is 27.8. The highest BCUT2D eigenvalue weighted by Gasteiger charge is 2.47. The van der Waals surface area contributed by atoms with E-state index in [9.17, 15) is 10.2 Å². The Balaban J connectivity index is 1.25. The molecule has 0 fully saturated rings. The molecule has 0 saturated heterocycles. The van der Waals surface area contributed by atoms with Crippen LogP contribution in [0.4, 0.5) is 0 Å². The maximum Gasteiger partial charge on any atom is 0.123 e. The van der Waals surface area contributed by atoms with Crippen molar-refractivity contribution < 1.29 is 10.2 Å². The molecule has 0 heterocycles. The van der Waals surface area contributed by atoms with E-state index in [0.29, 0.717) is 0 Å². The van der Waals surface area contributed by atoms with E-state index in [2.05, 4.69) is 146 Å². The van der Waals surface area contributed by atoms with Crippen LogP contribution in [-0.2, 0) is 5.41 Å². The molecule has 59 heavy (non-hydrogen) atoms. The lowest BCUT2D eigenvalue weighted by molar-refractivity contribution is 0.477. The molecule has 0 bridgehead atoms. The van der Waals surface area contributed by atoms with Crippen LogP contribution >= 0.6 is 0 Å². The fraction of sp³-hybridized carbons (Fsp3) is 0.0175. The molecule has 0 aliphatic heterocycles. The summed E-state index contributed by atoms with van der Waals surface area (Å²) in [6.45, 7) is 0. The Morgan fingerprint density at radius 1 is 0.271 bits per heavy atom. The Hall–Kier alpha value is -7.68. The second kappa shape index (κ2) is 13.8. The molecule has 2 nitrogen and oxygen atoms in total. The van der Waals surface area contributed by atoms with Crippen LogP contribution in [0.2, 0.25) is 0 Å². The van der Waals surface area contributed by atoms with Gasteiger partial charge in [0.25, 0.3) is 0 Å². The molecule has 0 saturated carbocycles. The van der Waals surface area contributed by atoms with Crippen molar-refractivity contribution in [3.63, 3.8) is 0 Å². The number of phenols is 2. The Morgan fingerprint density at radius 3 is 1.14 bits per heavy atom. The molecule has 10 aromatic carbocycles. The molecule has 1 aliphatic rings. The van der Waals surface area contributed by atoms with Gasteiger partial charge in [0.1, 0.15) is 11.5 Å². The first kappa shape index (κ1) is 34.6. The van der Waals surface area contributed by atoms with Crippen LogP contribution < -0.4 is 0 Å². The highest BCUT2D eigenvalue weighted by Crippen LogP contribution is 2.59. The highest BCUT2D eigenvalue weighted by molar-refractivity contribution is 6.01. The Morgan fingerprint density at radius 2 is 0.678 bits per heavy atom. The van der Waals surface area contributed by atoms with E-state index in [4.69, 9.17) is 0 Å². The summed E-state index contributed by atoms with van der Waals surface area (Å²) in [7, 11) is 0. The quantitative estimate of drug-likeness (QED) is 0.177. The lowest BCUT2D eigenvalue weighted by atomic mass is 9.66. The zero-order valence-electron chi connectivity index (χ0n) is 32.2. The van der Waals surface area contributed by atoms with Gasteiger partial charge in [0.2, 0.25) is 0 Å². The van der Waals surface area contributed by atoms with Crippen molar-refractivity contribution in [1.82, 2.24) is 0 Å². The first-order chi connectivity index (χ1) is 29.1. The van der Waals surface area contributed by atoms with Crippen molar-refractivity contribution in [2.45, 2.75) is 5.41 Å². The monoisotopic (exact) mass is 754 g/mol. The van der Waals surface area contributed by atoms with Gasteiger partial charge in [0, 0.05) is 11.1 Å². The molecular weight excluding hydrogens is 717 g/mol. The number of hydrogen-bond donors (Lipinski definition) is 2. The minimum absolute atomic E-state index is 0.224. The van der Waals surface area contributed by atoms with Gasteiger partial charge in [-0.2, -0.15) is 0 Å². The fourth-order valence-corrected chi connectivity index (χ4v) is 9.65. The largest absolute Gasteiger partial charge is 0.507 e. The van der Waals surface area contributed by atoms with Crippen LogP contribution in [0.25, 0.3) is 77.2 Å². The number of fused-ring (bicyclic) bond motifs is 5. The second-order valence-electron chi connectivity index (χ2n) is 15.5. The molecule has 2 heteroatoms. The van der Waals surface area contributed by atoms with Gasteiger partial charge in [-0.15, -0.1) is 0 Å². The molecule has 1 aliphatic carbocycles. The molecule has 0 spiro atoms. The number of aromatic hydroxyl groups is 2. The van der Waals surface area contributed by atoms with E-state index in [1.54, 1.807) is 0 Å². The number of benzene rings is 10. The minimum Gasteiger partial charge on any atom is -0.507 e. The maximum atomic E-state index is 11.5. The van der Waals surface area contributed by atoms with Crippen molar-refractivity contribution in [3.05, 3.63) is 241 Å². The van der Waals surface area contributed by atoms with E-state index in [1.807, 2.05) is 72.8 Å². The van der Waals surface area contributed by atoms with Crippen molar-refractivity contribution in [3.8, 4) is 67.1 Å². The van der Waals surface area contributed by atoms with Crippen LogP contribution in [0.3, 0.4) is 0 Å². The average molecular weight is 755 g/mol. The minimum atomic E-state index is -0.826. The van der Waals surface area contributed by atoms with Crippen LogP contribution in [0.1, 0.15) is 22.3 Å². The molecule has 11 rings (SSSR count). The summed E-state index contributed by atoms with van der Waals surface area (Å²) in [6, 6.07) is 76.5. The summed E-state index contributed by atoms with van der Waals surface area (Å²) in [5.74, 6) is 0.448. The molecule has 0 unspecified atom stereocenters. The second-order valence-corrected chi connectivity index (χ2v) is 15.5. The van der Waals surface area contributed by atoms with Gasteiger partial charge in [-0.05, 0) is 125 Å². The van der Waals surface area contributed by atoms with Crippen molar-refractivity contribution >= 4 is 21.5 Å². The summed E-state index contributed by atoms with van der Waals surface area (Å²) in [5.41, 5.74) is 13.9. The van der Waals surface area contributed by atoms with Crippen LogP contribution in [-0.4, -0.2) is 10.2 Å².